The summed E-state index contributed by atoms with van der Waals surface area (Å²) in [5.74, 6) is 0.0454. The van der Waals surface area contributed by atoms with Gasteiger partial charge in [-0.25, -0.2) is 14.5 Å². The maximum Gasteiger partial charge on any atom is 0.338 e. The summed E-state index contributed by atoms with van der Waals surface area (Å²) in [6, 6.07) is 21.9. The smallest absolute Gasteiger partial charge is 0.338 e. The third-order valence-electron chi connectivity index (χ3n) is 7.24. The molecule has 0 fully saturated rings. The van der Waals surface area contributed by atoms with E-state index in [2.05, 4.69) is 4.99 Å². The molecule has 0 bridgehead atoms. The predicted octanol–water partition coefficient (Wildman–Crippen LogP) is 4.18. The molecule has 0 aliphatic carbocycles. The number of nitrogens with zero attached hydrogens (tertiary/aromatic N) is 5. The second kappa shape index (κ2) is 11.6. The quantitative estimate of drug-likeness (QED) is 0.154. The number of non-ortho nitro benzene ring substituents is 1. The summed E-state index contributed by atoms with van der Waals surface area (Å²) in [5, 5.41) is 16.3. The first-order valence-electron chi connectivity index (χ1n) is 13.4. The second-order valence-corrected chi connectivity index (χ2v) is 10.9. The summed E-state index contributed by atoms with van der Waals surface area (Å²) in [6.07, 6.45) is 3.47. The number of carbonyl (C=O) groups excluding carboxylic acids is 1. The highest BCUT2D eigenvalue weighted by atomic mass is 32.1. The number of methoxy groups -OCH3 is 2. The monoisotopic (exact) mass is 607 g/mol. The topological polar surface area (TPSA) is 131 Å². The number of carbonyl (C=O) groups is 1. The Morgan fingerprint density at radius 2 is 1.80 bits per heavy atom. The summed E-state index contributed by atoms with van der Waals surface area (Å²) in [5.41, 5.74) is 3.28. The number of thiazole rings is 1. The Morgan fingerprint density at radius 3 is 2.48 bits per heavy atom. The van der Waals surface area contributed by atoms with Gasteiger partial charge in [-0.05, 0) is 42.8 Å². The van der Waals surface area contributed by atoms with Gasteiger partial charge in [-0.2, -0.15) is 5.10 Å². The highest BCUT2D eigenvalue weighted by Crippen LogP contribution is 2.32. The third kappa shape index (κ3) is 5.11. The van der Waals surface area contributed by atoms with Crippen molar-refractivity contribution in [2.45, 2.75) is 13.0 Å². The average molecular weight is 608 g/mol. The molecule has 0 saturated carbocycles. The molecule has 5 aromatic rings. The molecule has 220 valence electrons. The molecule has 1 atom stereocenters. The van der Waals surface area contributed by atoms with Crippen molar-refractivity contribution < 1.29 is 19.2 Å². The number of esters is 1. The van der Waals surface area contributed by atoms with Crippen LogP contribution in [0, 0.1) is 10.1 Å². The fourth-order valence-electron chi connectivity index (χ4n) is 5.13. The van der Waals surface area contributed by atoms with Crippen LogP contribution in [0.1, 0.15) is 24.1 Å². The van der Waals surface area contributed by atoms with Crippen LogP contribution < -0.4 is 19.6 Å². The van der Waals surface area contributed by atoms with Crippen molar-refractivity contribution in [3.05, 3.63) is 137 Å². The molecule has 11 nitrogen and oxygen atoms in total. The van der Waals surface area contributed by atoms with E-state index in [1.54, 1.807) is 67.4 Å². The second-order valence-electron chi connectivity index (χ2n) is 9.87. The number of nitro benzene ring substituents is 1. The number of hydrogen-bond donors (Lipinski definition) is 0. The van der Waals surface area contributed by atoms with Gasteiger partial charge in [-0.1, -0.05) is 53.8 Å². The van der Waals surface area contributed by atoms with Crippen LogP contribution in [0.25, 0.3) is 23.0 Å². The molecule has 2 aromatic heterocycles. The van der Waals surface area contributed by atoms with Gasteiger partial charge in [-0.3, -0.25) is 19.5 Å². The van der Waals surface area contributed by atoms with Crippen LogP contribution in [-0.2, 0) is 9.53 Å². The van der Waals surface area contributed by atoms with Crippen molar-refractivity contribution in [2.24, 2.45) is 4.99 Å². The molecule has 12 heteroatoms. The van der Waals surface area contributed by atoms with Gasteiger partial charge < -0.3 is 9.47 Å². The molecule has 3 aromatic carbocycles. The maximum atomic E-state index is 14.1. The number of rotatable bonds is 7. The lowest BCUT2D eigenvalue weighted by atomic mass is 9.96. The minimum atomic E-state index is -0.782. The van der Waals surface area contributed by atoms with Gasteiger partial charge in [0.25, 0.3) is 11.2 Å². The standard InChI is InChI=1S/C32H25N5O6S/c1-19-27(31(39)43-3)29(20-12-14-25(42-2)15-13-20)36-30(38)26(44-32(36)33-19)17-22-18-35(23-9-5-4-6-10-23)34-28(22)21-8-7-11-24(16-21)37(40)41/h4-18,29H,1-3H3. The molecule has 3 heterocycles. The zero-order chi connectivity index (χ0) is 31.0. The van der Waals surface area contributed by atoms with Gasteiger partial charge in [0.15, 0.2) is 4.80 Å². The highest BCUT2D eigenvalue weighted by Gasteiger charge is 2.33. The van der Waals surface area contributed by atoms with E-state index in [-0.39, 0.29) is 16.8 Å². The number of nitro groups is 1. The van der Waals surface area contributed by atoms with Crippen LogP contribution in [0.4, 0.5) is 5.69 Å². The Bertz CT molecular complexity index is 2130. The van der Waals surface area contributed by atoms with Gasteiger partial charge in [-0.15, -0.1) is 0 Å². The lowest BCUT2D eigenvalue weighted by Gasteiger charge is -2.24. The van der Waals surface area contributed by atoms with E-state index in [9.17, 15) is 19.7 Å². The van der Waals surface area contributed by atoms with E-state index in [4.69, 9.17) is 14.6 Å². The SMILES string of the molecule is COC(=O)C1=C(C)N=c2sc(=Cc3cn(-c4ccccc4)nc3-c3cccc([N+](=O)[O-])c3)c(=O)n2C1c1ccc(OC)cc1. The predicted molar refractivity (Wildman–Crippen MR) is 164 cm³/mol. The van der Waals surface area contributed by atoms with Crippen LogP contribution in [0.15, 0.2) is 106 Å². The highest BCUT2D eigenvalue weighted by molar-refractivity contribution is 7.07. The third-order valence-corrected chi connectivity index (χ3v) is 8.22. The van der Waals surface area contributed by atoms with Crippen molar-refractivity contribution >= 4 is 29.1 Å². The Balaban J connectivity index is 1.57. The van der Waals surface area contributed by atoms with E-state index in [1.807, 2.05) is 30.3 Å². The first-order chi connectivity index (χ1) is 21.3. The van der Waals surface area contributed by atoms with Gasteiger partial charge in [0.05, 0.1) is 46.7 Å². The Kier molecular flexibility index (Phi) is 7.50. The van der Waals surface area contributed by atoms with E-state index in [1.165, 1.54) is 35.1 Å². The van der Waals surface area contributed by atoms with E-state index in [0.29, 0.717) is 43.2 Å². The Labute approximate surface area is 254 Å². The van der Waals surface area contributed by atoms with Gasteiger partial charge in [0.1, 0.15) is 11.4 Å². The summed E-state index contributed by atoms with van der Waals surface area (Å²) < 4.78 is 13.9. The number of fused-ring (bicyclic) bond motifs is 1. The fourth-order valence-corrected chi connectivity index (χ4v) is 6.17. The normalized spacial score (nSPS) is 14.6. The van der Waals surface area contributed by atoms with Crippen molar-refractivity contribution in [1.82, 2.24) is 14.3 Å². The van der Waals surface area contributed by atoms with Gasteiger partial charge in [0.2, 0.25) is 0 Å². The molecule has 0 N–H and O–H groups in total. The van der Waals surface area contributed by atoms with Crippen LogP contribution in [0.5, 0.6) is 5.75 Å². The minimum absolute atomic E-state index is 0.0765. The molecule has 1 unspecified atom stereocenters. The number of benzene rings is 3. The van der Waals surface area contributed by atoms with E-state index in [0.717, 1.165) is 5.69 Å². The minimum Gasteiger partial charge on any atom is -0.497 e. The molecule has 1 aliphatic heterocycles. The Morgan fingerprint density at radius 1 is 1.05 bits per heavy atom. The van der Waals surface area contributed by atoms with Crippen molar-refractivity contribution in [1.29, 1.82) is 0 Å². The zero-order valence-corrected chi connectivity index (χ0v) is 24.6. The van der Waals surface area contributed by atoms with Gasteiger partial charge >= 0.3 is 5.97 Å². The van der Waals surface area contributed by atoms with Crippen molar-refractivity contribution in [3.63, 3.8) is 0 Å². The molecule has 0 amide bonds. The molecule has 1 aliphatic rings. The van der Waals surface area contributed by atoms with Gasteiger partial charge in [0, 0.05) is 29.5 Å². The number of ether oxygens (including phenoxy) is 2. The lowest BCUT2D eigenvalue weighted by molar-refractivity contribution is -0.384. The van der Waals surface area contributed by atoms with Crippen LogP contribution in [-0.4, -0.2) is 39.5 Å². The maximum absolute atomic E-state index is 14.1. The van der Waals surface area contributed by atoms with Crippen LogP contribution in [0.2, 0.25) is 0 Å². The number of hydrogen-bond acceptors (Lipinski definition) is 9. The zero-order valence-electron chi connectivity index (χ0n) is 23.8. The average Bonchev–Trinajstić information content (AvgIpc) is 3.61. The fraction of sp³-hybridized carbons (Fsp3) is 0.125. The summed E-state index contributed by atoms with van der Waals surface area (Å²) in [7, 11) is 2.85. The lowest BCUT2D eigenvalue weighted by Crippen LogP contribution is -2.39. The molecular weight excluding hydrogens is 582 g/mol. The number of allylic oxidation sites excluding steroid dienone is 1. The molecule has 0 saturated heterocycles. The van der Waals surface area contributed by atoms with Crippen molar-refractivity contribution in [3.8, 4) is 22.7 Å². The molecule has 0 spiro atoms. The summed E-state index contributed by atoms with van der Waals surface area (Å²) >= 11 is 1.18. The van der Waals surface area contributed by atoms with Crippen LogP contribution >= 0.6 is 11.3 Å². The molecule has 6 rings (SSSR count). The molecule has 44 heavy (non-hydrogen) atoms. The number of para-hydroxylation sites is 1. The summed E-state index contributed by atoms with van der Waals surface area (Å²) in [4.78, 5) is 43.2. The van der Waals surface area contributed by atoms with Crippen LogP contribution in [0.3, 0.4) is 0 Å². The Hall–Kier alpha value is -5.62. The van der Waals surface area contributed by atoms with E-state index >= 15 is 0 Å². The summed E-state index contributed by atoms with van der Waals surface area (Å²) in [6.45, 7) is 1.71. The first kappa shape index (κ1) is 28.5. The molecular formula is C32H25N5O6S. The van der Waals surface area contributed by atoms with Crippen molar-refractivity contribution in [2.75, 3.05) is 14.2 Å². The largest absolute Gasteiger partial charge is 0.497 e. The molecule has 0 radical (unpaired) electrons. The first-order valence-corrected chi connectivity index (χ1v) is 14.3. The number of aromatic nitrogens is 3. The van der Waals surface area contributed by atoms with E-state index < -0.39 is 16.9 Å².